The minimum absolute atomic E-state index is 0.394. The molecule has 0 aromatic rings. The lowest BCUT2D eigenvalue weighted by molar-refractivity contribution is 0.0349. The highest BCUT2D eigenvalue weighted by atomic mass is 16.5. The standard InChI is InChI=1S/C18H39NO2/c1-8-18(5,6)16-19(7)11-13-21-15-14-20-12-9-10-17(2,3)4/h8-16H2,1-7H3. The molecule has 3 heteroatoms. The zero-order valence-corrected chi connectivity index (χ0v) is 15.6. The summed E-state index contributed by atoms with van der Waals surface area (Å²) < 4.78 is 11.2. The van der Waals surface area contributed by atoms with Crippen LogP contribution in [0, 0.1) is 10.8 Å². The Morgan fingerprint density at radius 1 is 0.857 bits per heavy atom. The summed E-state index contributed by atoms with van der Waals surface area (Å²) in [4.78, 5) is 2.35. The Morgan fingerprint density at radius 2 is 1.43 bits per heavy atom. The van der Waals surface area contributed by atoms with Crippen LogP contribution in [0.5, 0.6) is 0 Å². The molecule has 0 fully saturated rings. The zero-order valence-electron chi connectivity index (χ0n) is 15.6. The van der Waals surface area contributed by atoms with Crippen molar-refractivity contribution in [2.45, 2.75) is 60.8 Å². The molecule has 0 bridgehead atoms. The fraction of sp³-hybridized carbons (Fsp3) is 1.00. The van der Waals surface area contributed by atoms with Crippen molar-refractivity contribution >= 4 is 0 Å². The SMILES string of the molecule is CCC(C)(C)CN(C)CCOCCOCCCC(C)(C)C. The maximum Gasteiger partial charge on any atom is 0.0701 e. The van der Waals surface area contributed by atoms with Crippen LogP contribution in [-0.2, 0) is 9.47 Å². The van der Waals surface area contributed by atoms with Crippen molar-refractivity contribution in [2.75, 3.05) is 46.6 Å². The largest absolute Gasteiger partial charge is 0.379 e. The second kappa shape index (κ2) is 10.6. The molecule has 0 aliphatic heterocycles. The van der Waals surface area contributed by atoms with Gasteiger partial charge in [0, 0.05) is 19.7 Å². The Balaban J connectivity index is 3.37. The Labute approximate surface area is 133 Å². The number of nitrogens with zero attached hydrogens (tertiary/aromatic N) is 1. The van der Waals surface area contributed by atoms with Crippen molar-refractivity contribution in [1.82, 2.24) is 4.90 Å². The normalized spacial score (nSPS) is 13.1. The molecule has 0 heterocycles. The summed E-state index contributed by atoms with van der Waals surface area (Å²) in [6, 6.07) is 0. The maximum absolute atomic E-state index is 5.63. The highest BCUT2D eigenvalue weighted by Gasteiger charge is 2.17. The van der Waals surface area contributed by atoms with Gasteiger partial charge in [-0.15, -0.1) is 0 Å². The van der Waals surface area contributed by atoms with E-state index in [1.165, 1.54) is 12.8 Å². The molecule has 0 rings (SSSR count). The molecule has 0 aromatic carbocycles. The number of hydrogen-bond acceptors (Lipinski definition) is 3. The molecule has 21 heavy (non-hydrogen) atoms. The molecule has 3 nitrogen and oxygen atoms in total. The third kappa shape index (κ3) is 14.6. The molecular weight excluding hydrogens is 262 g/mol. The van der Waals surface area contributed by atoms with Crippen LogP contribution >= 0.6 is 0 Å². The quantitative estimate of drug-likeness (QED) is 0.504. The first-order valence-corrected chi connectivity index (χ1v) is 8.50. The molecule has 0 saturated carbocycles. The van der Waals surface area contributed by atoms with Gasteiger partial charge in [-0.3, -0.25) is 0 Å². The molecule has 0 saturated heterocycles. The Morgan fingerprint density at radius 3 is 1.95 bits per heavy atom. The van der Waals surface area contributed by atoms with Crippen molar-refractivity contribution < 1.29 is 9.47 Å². The van der Waals surface area contributed by atoms with E-state index < -0.39 is 0 Å². The van der Waals surface area contributed by atoms with Crippen LogP contribution in [0.4, 0.5) is 0 Å². The van der Waals surface area contributed by atoms with E-state index in [0.29, 0.717) is 24.0 Å². The van der Waals surface area contributed by atoms with Crippen LogP contribution in [0.3, 0.4) is 0 Å². The summed E-state index contributed by atoms with van der Waals surface area (Å²) in [5.74, 6) is 0. The predicted octanol–water partition coefficient (Wildman–Crippen LogP) is 4.21. The van der Waals surface area contributed by atoms with Gasteiger partial charge < -0.3 is 14.4 Å². The van der Waals surface area contributed by atoms with E-state index in [1.54, 1.807) is 0 Å². The van der Waals surface area contributed by atoms with Gasteiger partial charge in [-0.25, -0.2) is 0 Å². The van der Waals surface area contributed by atoms with Gasteiger partial charge in [0.05, 0.1) is 19.8 Å². The van der Waals surface area contributed by atoms with E-state index in [-0.39, 0.29) is 0 Å². The van der Waals surface area contributed by atoms with Crippen LogP contribution in [0.2, 0.25) is 0 Å². The van der Waals surface area contributed by atoms with Crippen LogP contribution < -0.4 is 0 Å². The monoisotopic (exact) mass is 301 g/mol. The van der Waals surface area contributed by atoms with Crippen molar-refractivity contribution in [1.29, 1.82) is 0 Å². The van der Waals surface area contributed by atoms with E-state index in [1.807, 2.05) is 0 Å². The number of rotatable bonds is 12. The molecule has 0 aliphatic carbocycles. The number of hydrogen-bond donors (Lipinski definition) is 0. The molecule has 128 valence electrons. The molecule has 0 amide bonds. The Hall–Kier alpha value is -0.120. The molecular formula is C18H39NO2. The molecule has 0 aliphatic rings. The molecule has 0 atom stereocenters. The van der Waals surface area contributed by atoms with Crippen molar-refractivity contribution in [3.8, 4) is 0 Å². The average Bonchev–Trinajstić information content (AvgIpc) is 2.35. The lowest BCUT2D eigenvalue weighted by atomic mass is 9.90. The highest BCUT2D eigenvalue weighted by Crippen LogP contribution is 2.20. The fourth-order valence-corrected chi connectivity index (χ4v) is 2.17. The first-order valence-electron chi connectivity index (χ1n) is 8.50. The van der Waals surface area contributed by atoms with Gasteiger partial charge in [0.1, 0.15) is 0 Å². The highest BCUT2D eigenvalue weighted by molar-refractivity contribution is 4.70. The molecule has 0 spiro atoms. The second-order valence-corrected chi connectivity index (χ2v) is 8.14. The lowest BCUT2D eigenvalue weighted by Crippen LogP contribution is -2.33. The second-order valence-electron chi connectivity index (χ2n) is 8.14. The van der Waals surface area contributed by atoms with E-state index in [4.69, 9.17) is 9.47 Å². The minimum atomic E-state index is 0.394. The Kier molecular flexibility index (Phi) is 10.5. The predicted molar refractivity (Wildman–Crippen MR) is 91.9 cm³/mol. The zero-order chi connectivity index (χ0) is 16.4. The third-order valence-corrected chi connectivity index (χ3v) is 3.86. The van der Waals surface area contributed by atoms with Crippen LogP contribution in [0.25, 0.3) is 0 Å². The molecule has 0 unspecified atom stereocenters. The first-order chi connectivity index (χ1) is 9.66. The summed E-state index contributed by atoms with van der Waals surface area (Å²) in [7, 11) is 2.17. The molecule has 0 radical (unpaired) electrons. The van der Waals surface area contributed by atoms with E-state index in [2.05, 4.69) is 53.5 Å². The van der Waals surface area contributed by atoms with Gasteiger partial charge in [-0.05, 0) is 37.1 Å². The van der Waals surface area contributed by atoms with Gasteiger partial charge in [0.25, 0.3) is 0 Å². The third-order valence-electron chi connectivity index (χ3n) is 3.86. The smallest absolute Gasteiger partial charge is 0.0701 e. The average molecular weight is 302 g/mol. The maximum atomic E-state index is 5.63. The van der Waals surface area contributed by atoms with E-state index in [0.717, 1.165) is 32.7 Å². The van der Waals surface area contributed by atoms with E-state index in [9.17, 15) is 0 Å². The van der Waals surface area contributed by atoms with Crippen molar-refractivity contribution in [3.05, 3.63) is 0 Å². The van der Waals surface area contributed by atoms with E-state index >= 15 is 0 Å². The van der Waals surface area contributed by atoms with Crippen molar-refractivity contribution in [3.63, 3.8) is 0 Å². The van der Waals surface area contributed by atoms with Gasteiger partial charge in [0.2, 0.25) is 0 Å². The molecule has 0 aromatic heterocycles. The summed E-state index contributed by atoms with van der Waals surface area (Å²) in [6.45, 7) is 18.9. The van der Waals surface area contributed by atoms with Crippen LogP contribution in [-0.4, -0.2) is 51.5 Å². The molecule has 0 N–H and O–H groups in total. The van der Waals surface area contributed by atoms with Gasteiger partial charge in [-0.1, -0.05) is 41.5 Å². The summed E-state index contributed by atoms with van der Waals surface area (Å²) in [5.41, 5.74) is 0.807. The summed E-state index contributed by atoms with van der Waals surface area (Å²) in [6.07, 6.45) is 3.56. The van der Waals surface area contributed by atoms with Crippen LogP contribution in [0.15, 0.2) is 0 Å². The topological polar surface area (TPSA) is 21.7 Å². The van der Waals surface area contributed by atoms with Gasteiger partial charge in [-0.2, -0.15) is 0 Å². The summed E-state index contributed by atoms with van der Waals surface area (Å²) in [5, 5.41) is 0. The van der Waals surface area contributed by atoms with Gasteiger partial charge >= 0.3 is 0 Å². The van der Waals surface area contributed by atoms with Gasteiger partial charge in [0.15, 0.2) is 0 Å². The lowest BCUT2D eigenvalue weighted by Gasteiger charge is -2.29. The number of ether oxygens (including phenoxy) is 2. The first kappa shape index (κ1) is 20.9. The Bertz CT molecular complexity index is 246. The van der Waals surface area contributed by atoms with Crippen LogP contribution in [0.1, 0.15) is 60.8 Å². The minimum Gasteiger partial charge on any atom is -0.379 e. The fourth-order valence-electron chi connectivity index (χ4n) is 2.17. The number of likely N-dealkylation sites (N-methyl/N-ethyl adjacent to an activating group) is 1. The van der Waals surface area contributed by atoms with Crippen molar-refractivity contribution in [2.24, 2.45) is 10.8 Å². The summed E-state index contributed by atoms with van der Waals surface area (Å²) >= 11 is 0.